The molecule has 1 saturated carbocycles. The smallest absolute Gasteiger partial charge is 0.161 e. The molecule has 1 heterocycles. The van der Waals surface area contributed by atoms with Gasteiger partial charge in [0.05, 0.1) is 20.3 Å². The van der Waals surface area contributed by atoms with E-state index < -0.39 is 0 Å². The van der Waals surface area contributed by atoms with Gasteiger partial charge in [-0.1, -0.05) is 0 Å². The summed E-state index contributed by atoms with van der Waals surface area (Å²) in [6.45, 7) is 0.831. The van der Waals surface area contributed by atoms with Gasteiger partial charge in [-0.2, -0.15) is 0 Å². The lowest BCUT2D eigenvalue weighted by Gasteiger charge is -2.31. The molecule has 0 atom stereocenters. The van der Waals surface area contributed by atoms with E-state index in [1.165, 1.54) is 0 Å². The first-order chi connectivity index (χ1) is 10.2. The van der Waals surface area contributed by atoms with Gasteiger partial charge in [0.25, 0.3) is 0 Å². The highest BCUT2D eigenvalue weighted by atomic mass is 16.5. The van der Waals surface area contributed by atoms with Gasteiger partial charge < -0.3 is 19.9 Å². The van der Waals surface area contributed by atoms with Gasteiger partial charge in [-0.3, -0.25) is 0 Å². The monoisotopic (exact) mass is 288 g/mol. The van der Waals surface area contributed by atoms with Crippen LogP contribution in [-0.4, -0.2) is 37.0 Å². The summed E-state index contributed by atoms with van der Waals surface area (Å²) in [5, 5.41) is 14.8. The maximum Gasteiger partial charge on any atom is 0.161 e. The zero-order valence-corrected chi connectivity index (χ0v) is 12.3. The van der Waals surface area contributed by atoms with Crippen molar-refractivity contribution in [1.82, 2.24) is 4.98 Å². The number of hydrogen-bond acceptors (Lipinski definition) is 5. The molecule has 3 rings (SSSR count). The van der Waals surface area contributed by atoms with Gasteiger partial charge in [0.1, 0.15) is 5.82 Å². The molecule has 0 aliphatic heterocycles. The Morgan fingerprint density at radius 2 is 1.95 bits per heavy atom. The number of hydrogen-bond donors (Lipinski definition) is 2. The highest BCUT2D eigenvalue weighted by Gasteiger charge is 2.26. The summed E-state index contributed by atoms with van der Waals surface area (Å²) in [4.78, 5) is 4.42. The highest BCUT2D eigenvalue weighted by Crippen LogP contribution is 2.35. The lowest BCUT2D eigenvalue weighted by Crippen LogP contribution is -2.33. The van der Waals surface area contributed by atoms with E-state index in [-0.39, 0.29) is 6.10 Å². The van der Waals surface area contributed by atoms with Crippen LogP contribution in [0.4, 0.5) is 5.82 Å². The molecular weight excluding hydrogens is 268 g/mol. The predicted molar refractivity (Wildman–Crippen MR) is 82.1 cm³/mol. The van der Waals surface area contributed by atoms with Gasteiger partial charge in [-0.15, -0.1) is 0 Å². The number of rotatable bonds is 5. The van der Waals surface area contributed by atoms with Crippen LogP contribution in [0, 0.1) is 5.92 Å². The Kier molecular flexibility index (Phi) is 3.84. The SMILES string of the molecule is COc1cc2ccnc(NCC3CC(O)C3)c2cc1OC. The van der Waals surface area contributed by atoms with Gasteiger partial charge in [-0.25, -0.2) is 4.98 Å². The summed E-state index contributed by atoms with van der Waals surface area (Å²) in [5.41, 5.74) is 0. The van der Waals surface area contributed by atoms with Crippen LogP contribution in [0.1, 0.15) is 12.8 Å². The Morgan fingerprint density at radius 3 is 2.62 bits per heavy atom. The number of anilines is 1. The van der Waals surface area contributed by atoms with Crippen LogP contribution in [-0.2, 0) is 0 Å². The maximum atomic E-state index is 9.34. The molecule has 1 aromatic heterocycles. The second-order valence-electron chi connectivity index (χ2n) is 5.46. The van der Waals surface area contributed by atoms with Crippen molar-refractivity contribution >= 4 is 16.6 Å². The number of nitrogens with one attached hydrogen (secondary N) is 1. The number of aliphatic hydroxyl groups excluding tert-OH is 1. The van der Waals surface area contributed by atoms with Crippen molar-refractivity contribution in [1.29, 1.82) is 0 Å². The van der Waals surface area contributed by atoms with Crippen LogP contribution in [0.3, 0.4) is 0 Å². The molecule has 5 heteroatoms. The maximum absolute atomic E-state index is 9.34. The minimum atomic E-state index is -0.123. The van der Waals surface area contributed by atoms with E-state index in [0.717, 1.165) is 36.0 Å². The molecule has 0 radical (unpaired) electrons. The lowest BCUT2D eigenvalue weighted by atomic mass is 9.82. The van der Waals surface area contributed by atoms with E-state index in [1.54, 1.807) is 20.4 Å². The molecular formula is C16H20N2O3. The molecule has 112 valence electrons. The lowest BCUT2D eigenvalue weighted by molar-refractivity contribution is 0.0487. The number of methoxy groups -OCH3 is 2. The van der Waals surface area contributed by atoms with Crippen molar-refractivity contribution < 1.29 is 14.6 Å². The largest absolute Gasteiger partial charge is 0.493 e. The molecule has 1 aliphatic rings. The van der Waals surface area contributed by atoms with Crippen LogP contribution in [0.2, 0.25) is 0 Å². The fourth-order valence-corrected chi connectivity index (χ4v) is 2.75. The first-order valence-electron chi connectivity index (χ1n) is 7.14. The molecule has 5 nitrogen and oxygen atoms in total. The second-order valence-corrected chi connectivity index (χ2v) is 5.46. The average molecular weight is 288 g/mol. The molecule has 0 amide bonds. The number of benzene rings is 1. The fourth-order valence-electron chi connectivity index (χ4n) is 2.75. The van der Waals surface area contributed by atoms with Crippen molar-refractivity contribution in [2.24, 2.45) is 5.92 Å². The molecule has 1 fully saturated rings. The predicted octanol–water partition coefficient (Wildman–Crippen LogP) is 2.43. The minimum absolute atomic E-state index is 0.123. The standard InChI is InChI=1S/C16H20N2O3/c1-20-14-7-11-3-4-17-16(13(11)8-15(14)21-2)18-9-10-5-12(19)6-10/h3-4,7-8,10,12,19H,5-6,9H2,1-2H3,(H,17,18). The number of fused-ring (bicyclic) bond motifs is 1. The second kappa shape index (κ2) is 5.77. The molecule has 2 aromatic rings. The third-order valence-electron chi connectivity index (χ3n) is 4.04. The van der Waals surface area contributed by atoms with Crippen LogP contribution >= 0.6 is 0 Å². The molecule has 2 N–H and O–H groups in total. The fraction of sp³-hybridized carbons (Fsp3) is 0.438. The van der Waals surface area contributed by atoms with Crippen LogP contribution < -0.4 is 14.8 Å². The first-order valence-corrected chi connectivity index (χ1v) is 7.14. The number of aromatic nitrogens is 1. The Balaban J connectivity index is 1.87. The first kappa shape index (κ1) is 13.9. The molecule has 1 aromatic carbocycles. The Hall–Kier alpha value is -2.01. The third kappa shape index (κ3) is 2.74. The van der Waals surface area contributed by atoms with Crippen LogP contribution in [0.25, 0.3) is 10.8 Å². The normalized spacial score (nSPS) is 20.9. The Labute approximate surface area is 123 Å². The van der Waals surface area contributed by atoms with Gasteiger partial charge in [0.2, 0.25) is 0 Å². The summed E-state index contributed by atoms with van der Waals surface area (Å²) in [5.74, 6) is 2.77. The number of ether oxygens (including phenoxy) is 2. The van der Waals surface area contributed by atoms with Crippen molar-refractivity contribution in [3.8, 4) is 11.5 Å². The van der Waals surface area contributed by atoms with Crippen molar-refractivity contribution in [3.05, 3.63) is 24.4 Å². The Bertz CT molecular complexity index is 639. The van der Waals surface area contributed by atoms with Crippen molar-refractivity contribution in [2.75, 3.05) is 26.1 Å². The summed E-state index contributed by atoms with van der Waals surface area (Å²) in [6.07, 6.45) is 3.40. The van der Waals surface area contributed by atoms with Gasteiger partial charge in [0, 0.05) is 18.1 Å². The summed E-state index contributed by atoms with van der Waals surface area (Å²) < 4.78 is 10.7. The van der Waals surface area contributed by atoms with Crippen molar-refractivity contribution in [3.63, 3.8) is 0 Å². The molecule has 1 aliphatic carbocycles. The summed E-state index contributed by atoms with van der Waals surface area (Å²) in [6, 6.07) is 5.85. The summed E-state index contributed by atoms with van der Waals surface area (Å²) in [7, 11) is 3.26. The average Bonchev–Trinajstić information content (AvgIpc) is 2.48. The number of aliphatic hydroxyl groups is 1. The van der Waals surface area contributed by atoms with E-state index in [4.69, 9.17) is 9.47 Å². The highest BCUT2D eigenvalue weighted by molar-refractivity contribution is 5.94. The molecule has 0 saturated heterocycles. The van der Waals surface area contributed by atoms with Gasteiger partial charge in [-0.05, 0) is 42.3 Å². The zero-order valence-electron chi connectivity index (χ0n) is 12.3. The topological polar surface area (TPSA) is 63.6 Å². The zero-order chi connectivity index (χ0) is 14.8. The van der Waals surface area contributed by atoms with E-state index in [1.807, 2.05) is 18.2 Å². The summed E-state index contributed by atoms with van der Waals surface area (Å²) >= 11 is 0. The molecule has 0 bridgehead atoms. The van der Waals surface area contributed by atoms with Gasteiger partial charge >= 0.3 is 0 Å². The van der Waals surface area contributed by atoms with Crippen LogP contribution in [0.5, 0.6) is 11.5 Å². The number of pyridine rings is 1. The van der Waals surface area contributed by atoms with E-state index >= 15 is 0 Å². The molecule has 0 unspecified atom stereocenters. The number of nitrogens with zero attached hydrogens (tertiary/aromatic N) is 1. The van der Waals surface area contributed by atoms with Crippen LogP contribution in [0.15, 0.2) is 24.4 Å². The Morgan fingerprint density at radius 1 is 1.24 bits per heavy atom. The molecule has 21 heavy (non-hydrogen) atoms. The van der Waals surface area contributed by atoms with E-state index in [2.05, 4.69) is 10.3 Å². The van der Waals surface area contributed by atoms with Crippen molar-refractivity contribution in [2.45, 2.75) is 18.9 Å². The minimum Gasteiger partial charge on any atom is -0.493 e. The molecule has 0 spiro atoms. The third-order valence-corrected chi connectivity index (χ3v) is 4.04. The van der Waals surface area contributed by atoms with E-state index in [9.17, 15) is 5.11 Å². The van der Waals surface area contributed by atoms with E-state index in [0.29, 0.717) is 17.4 Å². The van der Waals surface area contributed by atoms with Gasteiger partial charge in [0.15, 0.2) is 11.5 Å². The quantitative estimate of drug-likeness (QED) is 0.884.